The highest BCUT2D eigenvalue weighted by atomic mass is 35.5. The first-order valence-corrected chi connectivity index (χ1v) is 26.8. The van der Waals surface area contributed by atoms with Crippen molar-refractivity contribution in [3.8, 4) is 10.4 Å². The van der Waals surface area contributed by atoms with Gasteiger partial charge in [-0.15, -0.1) is 11.3 Å². The number of ether oxygens (including phenoxy) is 2. The SMILES string of the molecule is Cc1ncsc1-c1ccc(CNC(=O)[C@@H]2C[C@@H](O)CN2C(=O)[C@@H](NC(=O)COCCOCC(=O)N2CCN(CC[C@H](NC(=O)C3(N)CCN(c4ncnc5[nH]ccc45)CC3)c3ccc(Cl)cc3)CC2)C(C)(C)C)cc1. The Balaban J connectivity index is 0.728. The number of rotatable bonds is 20. The number of aromatic amines is 1. The van der Waals surface area contributed by atoms with Crippen LogP contribution in [0.3, 0.4) is 0 Å². The third-order valence-electron chi connectivity index (χ3n) is 14.3. The maximum absolute atomic E-state index is 14.0. The fourth-order valence-corrected chi connectivity index (χ4v) is 10.8. The highest BCUT2D eigenvalue weighted by molar-refractivity contribution is 7.13. The van der Waals surface area contributed by atoms with Gasteiger partial charge in [-0.3, -0.25) is 28.9 Å². The second-order valence-corrected chi connectivity index (χ2v) is 22.0. The van der Waals surface area contributed by atoms with Crippen molar-refractivity contribution in [3.05, 3.63) is 94.5 Å². The number of piperazine rings is 1. The maximum Gasteiger partial charge on any atom is 0.248 e. The number of nitrogens with two attached hydrogens (primary N) is 1. The molecule has 20 nitrogen and oxygen atoms in total. The molecular weight excluding hydrogens is 1000 g/mol. The van der Waals surface area contributed by atoms with Gasteiger partial charge in [-0.25, -0.2) is 15.0 Å². The van der Waals surface area contributed by atoms with Gasteiger partial charge in [0.15, 0.2) is 0 Å². The second-order valence-electron chi connectivity index (χ2n) is 20.7. The van der Waals surface area contributed by atoms with Gasteiger partial charge >= 0.3 is 0 Å². The van der Waals surface area contributed by atoms with E-state index in [0.29, 0.717) is 70.1 Å². The molecule has 4 atom stereocenters. The number of benzene rings is 2. The van der Waals surface area contributed by atoms with Gasteiger partial charge in [0.2, 0.25) is 29.5 Å². The van der Waals surface area contributed by atoms with Crippen LogP contribution in [0.25, 0.3) is 21.5 Å². The van der Waals surface area contributed by atoms with E-state index in [1.165, 1.54) is 11.2 Å². The third kappa shape index (κ3) is 14.1. The number of nitrogens with zero attached hydrogens (tertiary/aromatic N) is 7. The lowest BCUT2D eigenvalue weighted by Gasteiger charge is -2.39. The molecule has 0 aliphatic carbocycles. The van der Waals surface area contributed by atoms with Gasteiger partial charge in [-0.1, -0.05) is 68.8 Å². The molecular formula is C53H69ClN12O8S. The number of aliphatic hydroxyl groups excluding tert-OH is 1. The summed E-state index contributed by atoms with van der Waals surface area (Å²) in [5.41, 5.74) is 11.4. The molecule has 0 bridgehead atoms. The number of thiazole rings is 1. The number of aliphatic hydroxyl groups is 1. The summed E-state index contributed by atoms with van der Waals surface area (Å²) in [4.78, 5) is 92.6. The number of halogens is 1. The summed E-state index contributed by atoms with van der Waals surface area (Å²) in [5.74, 6) is -0.930. The lowest BCUT2D eigenvalue weighted by atomic mass is 9.85. The Bertz CT molecular complexity index is 2750. The topological polar surface area (TPSA) is 254 Å². The van der Waals surface area contributed by atoms with E-state index in [2.05, 4.69) is 45.7 Å². The number of fused-ring (bicyclic) bond motifs is 1. The molecule has 6 heterocycles. The Hall–Kier alpha value is -6.07. The molecule has 0 spiro atoms. The van der Waals surface area contributed by atoms with Crippen LogP contribution in [0.4, 0.5) is 5.82 Å². The Morgan fingerprint density at radius 3 is 2.31 bits per heavy atom. The van der Waals surface area contributed by atoms with Crippen molar-refractivity contribution in [2.75, 3.05) is 83.7 Å². The van der Waals surface area contributed by atoms with Gasteiger partial charge in [0.05, 0.1) is 52.4 Å². The highest BCUT2D eigenvalue weighted by Gasteiger charge is 2.45. The minimum Gasteiger partial charge on any atom is -0.391 e. The first-order valence-electron chi connectivity index (χ1n) is 25.5. The average Bonchev–Trinajstić information content (AvgIpc) is 4.17. The monoisotopic (exact) mass is 1070 g/mol. The van der Waals surface area contributed by atoms with Crippen LogP contribution in [0, 0.1) is 12.3 Å². The Kier molecular flexibility index (Phi) is 18.2. The first-order chi connectivity index (χ1) is 36.0. The Morgan fingerprint density at radius 2 is 1.63 bits per heavy atom. The van der Waals surface area contributed by atoms with Crippen molar-refractivity contribution in [3.63, 3.8) is 0 Å². The van der Waals surface area contributed by atoms with Crippen molar-refractivity contribution in [1.29, 1.82) is 0 Å². The molecule has 3 aromatic heterocycles. The van der Waals surface area contributed by atoms with E-state index in [1.807, 2.05) is 88.5 Å². The lowest BCUT2D eigenvalue weighted by Crippen LogP contribution is -2.60. The van der Waals surface area contributed by atoms with Crippen molar-refractivity contribution in [1.82, 2.24) is 50.6 Å². The molecule has 3 saturated heterocycles. The van der Waals surface area contributed by atoms with Gasteiger partial charge in [-0.05, 0) is 66.5 Å². The molecule has 0 radical (unpaired) electrons. The number of aryl methyl sites for hydroxylation is 1. The number of carbonyl (C=O) groups excluding carboxylic acids is 5. The normalized spacial score (nSPS) is 18.9. The third-order valence-corrected chi connectivity index (χ3v) is 15.5. The lowest BCUT2D eigenvalue weighted by molar-refractivity contribution is -0.144. The number of piperidine rings is 1. The van der Waals surface area contributed by atoms with Gasteiger partial charge in [0.1, 0.15) is 43.1 Å². The highest BCUT2D eigenvalue weighted by Crippen LogP contribution is 2.31. The standard InChI is InChI=1S/C53H69ClN12O8S/c1-34-45(75-33-60-34)37-7-5-35(6-8-37)28-57-49(70)42-27-39(67)29-66(42)50(71)46(52(2,3)4)62-43(68)30-73-25-26-74-31-44(69)64-23-21-63(22-24-64)18-14-41(36-9-11-38(54)12-10-36)61-51(72)53(55)15-19-65(20-16-53)48-40-13-17-56-47(40)58-32-59-48/h5-13,17,32-33,39,41-42,46,67H,14-16,18-31,55H2,1-4H3,(H,57,70)(H,61,72)(H,62,68)(H,56,58,59)/t39-,41+,42+,46-/m1/s1. The molecule has 402 valence electrons. The zero-order valence-corrected chi connectivity index (χ0v) is 44.6. The summed E-state index contributed by atoms with van der Waals surface area (Å²) >= 11 is 7.80. The molecule has 8 rings (SSSR count). The van der Waals surface area contributed by atoms with Crippen LogP contribution in [0.5, 0.6) is 0 Å². The maximum atomic E-state index is 14.0. The molecule has 2 aromatic carbocycles. The van der Waals surface area contributed by atoms with E-state index >= 15 is 0 Å². The summed E-state index contributed by atoms with van der Waals surface area (Å²) < 4.78 is 11.2. The van der Waals surface area contributed by atoms with E-state index in [1.54, 1.807) is 21.7 Å². The largest absolute Gasteiger partial charge is 0.391 e. The smallest absolute Gasteiger partial charge is 0.248 e. The van der Waals surface area contributed by atoms with Gasteiger partial charge in [-0.2, -0.15) is 0 Å². The molecule has 22 heteroatoms. The Morgan fingerprint density at radius 1 is 0.920 bits per heavy atom. The molecule has 3 aliphatic rings. The first kappa shape index (κ1) is 55.2. The van der Waals surface area contributed by atoms with Crippen molar-refractivity contribution >= 4 is 69.3 Å². The summed E-state index contributed by atoms with van der Waals surface area (Å²) in [6.07, 6.45) is 4.09. The van der Waals surface area contributed by atoms with Crippen LogP contribution >= 0.6 is 22.9 Å². The number of amides is 5. The fraction of sp³-hybridized carbons (Fsp3) is 0.509. The molecule has 5 aromatic rings. The molecule has 0 saturated carbocycles. The van der Waals surface area contributed by atoms with Crippen LogP contribution < -0.4 is 26.6 Å². The van der Waals surface area contributed by atoms with Crippen molar-refractivity contribution in [2.24, 2.45) is 11.1 Å². The molecule has 7 N–H and O–H groups in total. The second kappa shape index (κ2) is 24.7. The number of hydrogen-bond acceptors (Lipinski definition) is 15. The predicted molar refractivity (Wildman–Crippen MR) is 286 cm³/mol. The van der Waals surface area contributed by atoms with Crippen molar-refractivity contribution in [2.45, 2.75) is 89.7 Å². The minimum atomic E-state index is -1.05. The van der Waals surface area contributed by atoms with Crippen LogP contribution in [-0.2, 0) is 40.0 Å². The zero-order valence-electron chi connectivity index (χ0n) is 43.1. The van der Waals surface area contributed by atoms with Gasteiger partial charge < -0.3 is 55.9 Å². The predicted octanol–water partition coefficient (Wildman–Crippen LogP) is 3.58. The van der Waals surface area contributed by atoms with E-state index in [0.717, 1.165) is 44.1 Å². The van der Waals surface area contributed by atoms with E-state index in [4.69, 9.17) is 26.8 Å². The number of β-amino-alcohol motifs (C(OH)–C–C–N with tert-alkyl or cyclic N) is 1. The van der Waals surface area contributed by atoms with Crippen LogP contribution in [0.1, 0.15) is 69.3 Å². The van der Waals surface area contributed by atoms with Gasteiger partial charge in [0, 0.05) is 76.5 Å². The summed E-state index contributed by atoms with van der Waals surface area (Å²) in [6, 6.07) is 15.0. The van der Waals surface area contributed by atoms with E-state index in [9.17, 15) is 29.1 Å². The summed E-state index contributed by atoms with van der Waals surface area (Å²) in [5, 5.41) is 21.1. The molecule has 5 amide bonds. The van der Waals surface area contributed by atoms with Crippen LogP contribution in [-0.4, -0.2) is 172 Å². The molecule has 0 unspecified atom stereocenters. The number of H-pyrrole nitrogens is 1. The zero-order chi connectivity index (χ0) is 53.3. The minimum absolute atomic E-state index is 0.0340. The van der Waals surface area contributed by atoms with Crippen molar-refractivity contribution < 1.29 is 38.6 Å². The molecule has 3 fully saturated rings. The number of aromatic nitrogens is 4. The summed E-state index contributed by atoms with van der Waals surface area (Å²) in [6.45, 7) is 11.3. The number of hydrogen-bond donors (Lipinski definition) is 6. The van der Waals surface area contributed by atoms with Gasteiger partial charge in [0.25, 0.3) is 0 Å². The molecule has 75 heavy (non-hydrogen) atoms. The van der Waals surface area contributed by atoms with E-state index < -0.39 is 46.9 Å². The number of likely N-dealkylation sites (tertiary alicyclic amines) is 1. The van der Waals surface area contributed by atoms with Crippen LogP contribution in [0.15, 0.2) is 72.6 Å². The average molecular weight is 1070 g/mol. The van der Waals surface area contributed by atoms with E-state index in [-0.39, 0.29) is 63.8 Å². The fourth-order valence-electron chi connectivity index (χ4n) is 9.82. The number of anilines is 1. The number of nitrogens with one attached hydrogen (secondary N) is 4. The number of carbonyl (C=O) groups is 5. The molecule has 3 aliphatic heterocycles. The Labute approximate surface area is 446 Å². The summed E-state index contributed by atoms with van der Waals surface area (Å²) in [7, 11) is 0. The van der Waals surface area contributed by atoms with Crippen LogP contribution in [0.2, 0.25) is 5.02 Å². The quantitative estimate of drug-likeness (QED) is 0.0610.